The molecule has 0 aliphatic rings. The van der Waals surface area contributed by atoms with Crippen molar-refractivity contribution in [2.75, 3.05) is 5.32 Å². The van der Waals surface area contributed by atoms with Crippen LogP contribution in [-0.2, 0) is 4.79 Å². The Balaban J connectivity index is 2.00. The maximum Gasteiger partial charge on any atom is 0.265 e. The minimum Gasteiger partial charge on any atom is -0.481 e. The van der Waals surface area contributed by atoms with E-state index in [4.69, 9.17) is 4.74 Å². The van der Waals surface area contributed by atoms with Gasteiger partial charge in [-0.05, 0) is 49.7 Å². The van der Waals surface area contributed by atoms with E-state index in [-0.39, 0.29) is 11.7 Å². The van der Waals surface area contributed by atoms with Gasteiger partial charge in [0.15, 0.2) is 6.10 Å². The van der Waals surface area contributed by atoms with E-state index < -0.39 is 6.10 Å². The minimum atomic E-state index is -0.691. The van der Waals surface area contributed by atoms with Gasteiger partial charge in [0.25, 0.3) is 5.91 Å². The van der Waals surface area contributed by atoms with Crippen LogP contribution in [0.25, 0.3) is 0 Å². The Morgan fingerprint density at radius 2 is 2.05 bits per heavy atom. The highest BCUT2D eigenvalue weighted by Gasteiger charge is 2.15. The van der Waals surface area contributed by atoms with E-state index in [1.165, 1.54) is 6.07 Å². The van der Waals surface area contributed by atoms with Crippen molar-refractivity contribution in [3.8, 4) is 5.75 Å². The summed E-state index contributed by atoms with van der Waals surface area (Å²) in [5.41, 5.74) is 0.944. The summed E-state index contributed by atoms with van der Waals surface area (Å²) >= 11 is 3.34. The Kier molecular flexibility index (Phi) is 4.96. The van der Waals surface area contributed by atoms with Crippen LogP contribution in [0.5, 0.6) is 5.75 Å². The highest BCUT2D eigenvalue weighted by molar-refractivity contribution is 9.10. The van der Waals surface area contributed by atoms with E-state index in [0.29, 0.717) is 17.0 Å². The molecule has 110 valence electrons. The zero-order valence-corrected chi connectivity index (χ0v) is 13.3. The van der Waals surface area contributed by atoms with Gasteiger partial charge in [0.2, 0.25) is 0 Å². The van der Waals surface area contributed by atoms with Crippen molar-refractivity contribution in [2.45, 2.75) is 20.0 Å². The average Bonchev–Trinajstić information content (AvgIpc) is 2.43. The van der Waals surface area contributed by atoms with Crippen molar-refractivity contribution in [3.05, 3.63) is 58.3 Å². The number of benzene rings is 2. The van der Waals surface area contributed by atoms with Crippen molar-refractivity contribution in [1.29, 1.82) is 0 Å². The standard InChI is InChI=1S/C16H15BrFNO2/c1-10-6-7-13(9-15(10)18)19-16(20)11(2)21-14-5-3-4-12(17)8-14/h3-9,11H,1-2H3,(H,19,20). The van der Waals surface area contributed by atoms with Crippen LogP contribution in [0.1, 0.15) is 12.5 Å². The number of hydrogen-bond acceptors (Lipinski definition) is 2. The van der Waals surface area contributed by atoms with Crippen LogP contribution < -0.4 is 10.1 Å². The van der Waals surface area contributed by atoms with E-state index in [1.807, 2.05) is 12.1 Å². The molecule has 0 saturated heterocycles. The fourth-order valence-electron chi connectivity index (χ4n) is 1.71. The lowest BCUT2D eigenvalue weighted by Gasteiger charge is -2.15. The molecule has 0 aromatic heterocycles. The fraction of sp³-hybridized carbons (Fsp3) is 0.188. The van der Waals surface area contributed by atoms with Crippen LogP contribution in [0.15, 0.2) is 46.9 Å². The highest BCUT2D eigenvalue weighted by atomic mass is 79.9. The Morgan fingerprint density at radius 1 is 1.29 bits per heavy atom. The second-order valence-corrected chi connectivity index (χ2v) is 5.59. The molecule has 1 amide bonds. The maximum absolute atomic E-state index is 13.4. The molecule has 0 radical (unpaired) electrons. The SMILES string of the molecule is Cc1ccc(NC(=O)C(C)Oc2cccc(Br)c2)cc1F. The number of hydrogen-bond donors (Lipinski definition) is 1. The second kappa shape index (κ2) is 6.72. The topological polar surface area (TPSA) is 38.3 Å². The molecule has 1 unspecified atom stereocenters. The first-order chi connectivity index (χ1) is 9.95. The smallest absolute Gasteiger partial charge is 0.265 e. The van der Waals surface area contributed by atoms with Crippen molar-refractivity contribution in [2.24, 2.45) is 0 Å². The Bertz CT molecular complexity index is 660. The van der Waals surface area contributed by atoms with Crippen molar-refractivity contribution < 1.29 is 13.9 Å². The lowest BCUT2D eigenvalue weighted by molar-refractivity contribution is -0.122. The third kappa shape index (κ3) is 4.29. The van der Waals surface area contributed by atoms with Gasteiger partial charge in [-0.3, -0.25) is 4.79 Å². The molecule has 2 aromatic carbocycles. The fourth-order valence-corrected chi connectivity index (χ4v) is 2.09. The number of halogens is 2. The van der Waals surface area contributed by atoms with E-state index in [9.17, 15) is 9.18 Å². The van der Waals surface area contributed by atoms with Gasteiger partial charge in [-0.2, -0.15) is 0 Å². The van der Waals surface area contributed by atoms with Gasteiger partial charge in [-0.25, -0.2) is 4.39 Å². The van der Waals surface area contributed by atoms with Crippen LogP contribution >= 0.6 is 15.9 Å². The summed E-state index contributed by atoms with van der Waals surface area (Å²) in [4.78, 5) is 12.0. The summed E-state index contributed by atoms with van der Waals surface area (Å²) < 4.78 is 19.9. The molecule has 0 fully saturated rings. The number of carbonyl (C=O) groups is 1. The average molecular weight is 352 g/mol. The summed E-state index contributed by atoms with van der Waals surface area (Å²) in [7, 11) is 0. The van der Waals surface area contributed by atoms with E-state index in [1.54, 1.807) is 38.1 Å². The second-order valence-electron chi connectivity index (χ2n) is 4.67. The number of aryl methyl sites for hydroxylation is 1. The van der Waals surface area contributed by atoms with Crippen molar-refractivity contribution in [3.63, 3.8) is 0 Å². The Morgan fingerprint density at radius 3 is 2.71 bits per heavy atom. The molecule has 0 aliphatic carbocycles. The first-order valence-electron chi connectivity index (χ1n) is 6.45. The van der Waals surface area contributed by atoms with Crippen molar-refractivity contribution >= 4 is 27.5 Å². The number of ether oxygens (including phenoxy) is 1. The number of nitrogens with one attached hydrogen (secondary N) is 1. The molecule has 21 heavy (non-hydrogen) atoms. The van der Waals surface area contributed by atoms with Crippen LogP contribution in [0.4, 0.5) is 10.1 Å². The lowest BCUT2D eigenvalue weighted by atomic mass is 10.2. The molecule has 0 heterocycles. The molecule has 3 nitrogen and oxygen atoms in total. The Labute approximate surface area is 131 Å². The van der Waals surface area contributed by atoms with Crippen LogP contribution in [0.2, 0.25) is 0 Å². The molecule has 2 aromatic rings. The molecule has 0 bridgehead atoms. The summed E-state index contributed by atoms with van der Waals surface area (Å²) in [5, 5.41) is 2.63. The molecule has 1 N–H and O–H groups in total. The van der Waals surface area contributed by atoms with Gasteiger partial charge in [-0.15, -0.1) is 0 Å². The molecule has 2 rings (SSSR count). The maximum atomic E-state index is 13.4. The number of amides is 1. The predicted molar refractivity (Wildman–Crippen MR) is 84.0 cm³/mol. The third-order valence-electron chi connectivity index (χ3n) is 2.92. The summed E-state index contributed by atoms with van der Waals surface area (Å²) in [6, 6.07) is 11.8. The summed E-state index contributed by atoms with van der Waals surface area (Å²) in [5.74, 6) is -0.103. The van der Waals surface area contributed by atoms with Crippen molar-refractivity contribution in [1.82, 2.24) is 0 Å². The largest absolute Gasteiger partial charge is 0.481 e. The van der Waals surface area contributed by atoms with Gasteiger partial charge in [0.05, 0.1) is 0 Å². The zero-order valence-electron chi connectivity index (χ0n) is 11.7. The normalized spacial score (nSPS) is 11.8. The van der Waals surface area contributed by atoms with Gasteiger partial charge in [-0.1, -0.05) is 28.1 Å². The van der Waals surface area contributed by atoms with Crippen LogP contribution in [0.3, 0.4) is 0 Å². The molecule has 0 saturated carbocycles. The monoisotopic (exact) mass is 351 g/mol. The quantitative estimate of drug-likeness (QED) is 0.891. The van der Waals surface area contributed by atoms with E-state index in [2.05, 4.69) is 21.2 Å². The molecule has 1 atom stereocenters. The van der Waals surface area contributed by atoms with Crippen LogP contribution in [0, 0.1) is 12.7 Å². The Hall–Kier alpha value is -1.88. The minimum absolute atomic E-state index is 0.335. The number of anilines is 1. The first kappa shape index (κ1) is 15.5. The molecule has 0 spiro atoms. The van der Waals surface area contributed by atoms with Gasteiger partial charge in [0, 0.05) is 10.2 Å². The molecule has 5 heteroatoms. The van der Waals surface area contributed by atoms with Crippen LogP contribution in [-0.4, -0.2) is 12.0 Å². The van der Waals surface area contributed by atoms with Gasteiger partial charge >= 0.3 is 0 Å². The predicted octanol–water partition coefficient (Wildman–Crippen LogP) is 4.30. The van der Waals surface area contributed by atoms with E-state index >= 15 is 0 Å². The van der Waals surface area contributed by atoms with E-state index in [0.717, 1.165) is 4.47 Å². The first-order valence-corrected chi connectivity index (χ1v) is 7.24. The van der Waals surface area contributed by atoms with Gasteiger partial charge < -0.3 is 10.1 Å². The zero-order chi connectivity index (χ0) is 15.4. The van der Waals surface area contributed by atoms with Gasteiger partial charge in [0.1, 0.15) is 11.6 Å². The molecular weight excluding hydrogens is 337 g/mol. The molecular formula is C16H15BrFNO2. The third-order valence-corrected chi connectivity index (χ3v) is 3.41. The lowest BCUT2D eigenvalue weighted by Crippen LogP contribution is -2.30. The number of rotatable bonds is 4. The number of carbonyl (C=O) groups excluding carboxylic acids is 1. The highest BCUT2D eigenvalue weighted by Crippen LogP contribution is 2.19. The molecule has 0 aliphatic heterocycles. The summed E-state index contributed by atoms with van der Waals surface area (Å²) in [6.07, 6.45) is -0.691. The summed E-state index contributed by atoms with van der Waals surface area (Å²) in [6.45, 7) is 3.31.